The Morgan fingerprint density at radius 2 is 1.95 bits per heavy atom. The average molecular weight is 314 g/mol. The molecule has 2 N–H and O–H groups in total. The highest BCUT2D eigenvalue weighted by atomic mass is 35.5. The van der Waals surface area contributed by atoms with E-state index in [0.29, 0.717) is 25.5 Å². The molecule has 0 amide bonds. The van der Waals surface area contributed by atoms with Crippen molar-refractivity contribution in [2.45, 2.75) is 19.4 Å². The van der Waals surface area contributed by atoms with Crippen LogP contribution in [0.15, 0.2) is 12.1 Å². The van der Waals surface area contributed by atoms with Gasteiger partial charge < -0.3 is 15.1 Å². The highest BCUT2D eigenvalue weighted by Gasteiger charge is 2.25. The van der Waals surface area contributed by atoms with Crippen LogP contribution in [-0.4, -0.2) is 64.4 Å². The van der Waals surface area contributed by atoms with E-state index in [0.717, 1.165) is 13.1 Å². The number of piperazine rings is 1. The molecule has 1 aromatic heterocycles. The summed E-state index contributed by atoms with van der Waals surface area (Å²) in [5.41, 5.74) is -0.571. The molecule has 7 heteroatoms. The van der Waals surface area contributed by atoms with Crippen molar-refractivity contribution in [3.05, 3.63) is 22.8 Å². The number of aliphatic hydroxyl groups is 1. The fourth-order valence-electron chi connectivity index (χ4n) is 2.50. The number of β-amino-alcohol motifs (C(OH)–C–C–N with tert-alkyl or cyclic N) is 1. The van der Waals surface area contributed by atoms with Crippen LogP contribution in [0.1, 0.15) is 24.2 Å². The summed E-state index contributed by atoms with van der Waals surface area (Å²) in [4.78, 5) is 19.5. The highest BCUT2D eigenvalue weighted by molar-refractivity contribution is 6.29. The number of carbonyl (C=O) groups is 1. The summed E-state index contributed by atoms with van der Waals surface area (Å²) in [6.07, 6.45) is 0. The van der Waals surface area contributed by atoms with Crippen LogP contribution in [0.5, 0.6) is 0 Å². The Hall–Kier alpha value is -1.37. The molecule has 6 nitrogen and oxygen atoms in total. The molecule has 0 aromatic carbocycles. The first-order valence-electron chi connectivity index (χ1n) is 6.86. The van der Waals surface area contributed by atoms with Crippen LogP contribution < -0.4 is 4.90 Å². The average Bonchev–Trinajstić information content (AvgIpc) is 2.37. The summed E-state index contributed by atoms with van der Waals surface area (Å²) < 4.78 is 0. The molecule has 0 unspecified atom stereocenters. The van der Waals surface area contributed by atoms with Crippen molar-refractivity contribution in [2.24, 2.45) is 0 Å². The number of carboxylic acid groups (broad SMARTS) is 1. The number of halogens is 1. The SMILES string of the molecule is CC(C)(O)CN1CCN(c2nc(Cl)ccc2C(=O)O)CC1. The first kappa shape index (κ1) is 16.0. The normalized spacial score (nSPS) is 17.0. The van der Waals surface area contributed by atoms with Gasteiger partial charge in [0.05, 0.1) is 5.60 Å². The van der Waals surface area contributed by atoms with Crippen LogP contribution in [-0.2, 0) is 0 Å². The maximum atomic E-state index is 11.3. The second-order valence-corrected chi connectivity index (χ2v) is 6.27. The molecule has 0 atom stereocenters. The van der Waals surface area contributed by atoms with Gasteiger partial charge in [-0.05, 0) is 26.0 Å². The van der Waals surface area contributed by atoms with Crippen LogP contribution in [0.2, 0.25) is 5.15 Å². The fourth-order valence-corrected chi connectivity index (χ4v) is 2.64. The number of nitrogens with zero attached hydrogens (tertiary/aromatic N) is 3. The van der Waals surface area contributed by atoms with Gasteiger partial charge in [-0.15, -0.1) is 0 Å². The van der Waals surface area contributed by atoms with Crippen LogP contribution >= 0.6 is 11.6 Å². The molecule has 116 valence electrons. The molecule has 1 aliphatic rings. The number of hydrogen-bond donors (Lipinski definition) is 2. The maximum absolute atomic E-state index is 11.3. The lowest BCUT2D eigenvalue weighted by atomic mass is 10.1. The summed E-state index contributed by atoms with van der Waals surface area (Å²) >= 11 is 5.88. The number of pyridine rings is 1. The third-order valence-corrected chi connectivity index (χ3v) is 3.56. The topological polar surface area (TPSA) is 76.9 Å². The fraction of sp³-hybridized carbons (Fsp3) is 0.571. The molecular formula is C14H20ClN3O3. The monoisotopic (exact) mass is 313 g/mol. The third-order valence-electron chi connectivity index (χ3n) is 3.35. The lowest BCUT2D eigenvalue weighted by Crippen LogP contribution is -2.51. The number of hydrogen-bond acceptors (Lipinski definition) is 5. The number of rotatable bonds is 4. The second-order valence-electron chi connectivity index (χ2n) is 5.89. The van der Waals surface area contributed by atoms with Crippen molar-refractivity contribution in [3.63, 3.8) is 0 Å². The van der Waals surface area contributed by atoms with Gasteiger partial charge in [0.25, 0.3) is 0 Å². The summed E-state index contributed by atoms with van der Waals surface area (Å²) in [5, 5.41) is 19.4. The molecule has 1 aliphatic heterocycles. The smallest absolute Gasteiger partial charge is 0.339 e. The van der Waals surface area contributed by atoms with Crippen LogP contribution in [0, 0.1) is 0 Å². The van der Waals surface area contributed by atoms with E-state index in [1.165, 1.54) is 12.1 Å². The van der Waals surface area contributed by atoms with Crippen LogP contribution in [0.3, 0.4) is 0 Å². The van der Waals surface area contributed by atoms with Crippen molar-refractivity contribution < 1.29 is 15.0 Å². The molecule has 1 saturated heterocycles. The molecule has 1 fully saturated rings. The van der Waals surface area contributed by atoms with Gasteiger partial charge in [-0.25, -0.2) is 9.78 Å². The predicted molar refractivity (Wildman–Crippen MR) is 81.2 cm³/mol. The van der Waals surface area contributed by atoms with E-state index >= 15 is 0 Å². The van der Waals surface area contributed by atoms with E-state index in [4.69, 9.17) is 11.6 Å². The Morgan fingerprint density at radius 3 is 2.48 bits per heavy atom. The van der Waals surface area contributed by atoms with Crippen molar-refractivity contribution in [2.75, 3.05) is 37.6 Å². The van der Waals surface area contributed by atoms with Gasteiger partial charge in [-0.2, -0.15) is 0 Å². The maximum Gasteiger partial charge on any atom is 0.339 e. The minimum Gasteiger partial charge on any atom is -0.478 e. The van der Waals surface area contributed by atoms with Gasteiger partial charge in [-0.3, -0.25) is 4.90 Å². The highest BCUT2D eigenvalue weighted by Crippen LogP contribution is 2.22. The number of anilines is 1. The standard InChI is InChI=1S/C14H20ClN3O3/c1-14(2,21)9-17-5-7-18(8-6-17)12-10(13(19)20)3-4-11(15)16-12/h3-4,21H,5-9H2,1-2H3,(H,19,20). The molecule has 1 aromatic rings. The van der Waals surface area contributed by atoms with Gasteiger partial charge >= 0.3 is 5.97 Å². The van der Waals surface area contributed by atoms with E-state index in [2.05, 4.69) is 9.88 Å². The van der Waals surface area contributed by atoms with E-state index < -0.39 is 11.6 Å². The molecule has 0 bridgehead atoms. The van der Waals surface area contributed by atoms with Crippen LogP contribution in [0.25, 0.3) is 0 Å². The summed E-state index contributed by atoms with van der Waals surface area (Å²) in [5.74, 6) is -0.592. The van der Waals surface area contributed by atoms with Gasteiger partial charge in [0, 0.05) is 32.7 Å². The van der Waals surface area contributed by atoms with Crippen molar-refractivity contribution in [1.29, 1.82) is 0 Å². The first-order chi connectivity index (χ1) is 9.76. The minimum atomic E-state index is -1.01. The van der Waals surface area contributed by atoms with Crippen molar-refractivity contribution >= 4 is 23.4 Å². The molecule has 0 aliphatic carbocycles. The van der Waals surface area contributed by atoms with Gasteiger partial charge in [0.1, 0.15) is 16.5 Å². The Labute approximate surface area is 129 Å². The summed E-state index contributed by atoms with van der Waals surface area (Å²) in [6.45, 7) is 6.96. The Morgan fingerprint density at radius 1 is 1.33 bits per heavy atom. The van der Waals surface area contributed by atoms with Crippen LogP contribution in [0.4, 0.5) is 5.82 Å². The molecule has 2 heterocycles. The van der Waals surface area contributed by atoms with E-state index in [9.17, 15) is 15.0 Å². The number of aromatic nitrogens is 1. The zero-order chi connectivity index (χ0) is 15.6. The quantitative estimate of drug-likeness (QED) is 0.817. The van der Waals surface area contributed by atoms with Gasteiger partial charge in [-0.1, -0.05) is 11.6 Å². The first-order valence-corrected chi connectivity index (χ1v) is 7.23. The van der Waals surface area contributed by atoms with E-state index in [1.54, 1.807) is 13.8 Å². The lowest BCUT2D eigenvalue weighted by Gasteiger charge is -2.38. The Kier molecular flexibility index (Phi) is 4.70. The molecule has 21 heavy (non-hydrogen) atoms. The molecule has 0 radical (unpaired) electrons. The largest absolute Gasteiger partial charge is 0.478 e. The van der Waals surface area contributed by atoms with E-state index in [-0.39, 0.29) is 10.7 Å². The minimum absolute atomic E-state index is 0.162. The summed E-state index contributed by atoms with van der Waals surface area (Å²) in [7, 11) is 0. The van der Waals surface area contributed by atoms with Gasteiger partial charge in [0.2, 0.25) is 0 Å². The summed E-state index contributed by atoms with van der Waals surface area (Å²) in [6, 6.07) is 2.97. The van der Waals surface area contributed by atoms with Crippen molar-refractivity contribution in [3.8, 4) is 0 Å². The molecule has 0 spiro atoms. The predicted octanol–water partition coefficient (Wildman–Crippen LogP) is 1.33. The number of aromatic carboxylic acids is 1. The molecule has 2 rings (SSSR count). The van der Waals surface area contributed by atoms with Crippen molar-refractivity contribution in [1.82, 2.24) is 9.88 Å². The van der Waals surface area contributed by atoms with E-state index in [1.807, 2.05) is 4.90 Å². The lowest BCUT2D eigenvalue weighted by molar-refractivity contribution is 0.0344. The third kappa shape index (κ3) is 4.30. The Bertz CT molecular complexity index is 523. The zero-order valence-electron chi connectivity index (χ0n) is 12.2. The molecular weight excluding hydrogens is 294 g/mol. The zero-order valence-corrected chi connectivity index (χ0v) is 13.0. The number of carboxylic acids is 1. The van der Waals surface area contributed by atoms with Gasteiger partial charge in [0.15, 0.2) is 0 Å². The second kappa shape index (κ2) is 6.17. The molecule has 0 saturated carbocycles. The Balaban J connectivity index is 2.09.